The Morgan fingerprint density at radius 1 is 0.327 bits per heavy atom. The summed E-state index contributed by atoms with van der Waals surface area (Å²) < 4.78 is 6.22. The third-order valence-electron chi connectivity index (χ3n) is 9.51. The van der Waals surface area contributed by atoms with E-state index in [0.29, 0.717) is 17.5 Å². The first-order chi connectivity index (χ1) is 24.3. The van der Waals surface area contributed by atoms with Crippen LogP contribution in [0.4, 0.5) is 0 Å². The van der Waals surface area contributed by atoms with Gasteiger partial charge >= 0.3 is 0 Å². The van der Waals surface area contributed by atoms with Gasteiger partial charge in [0.25, 0.3) is 0 Å². The van der Waals surface area contributed by atoms with Gasteiger partial charge in [-0.25, -0.2) is 15.0 Å². The second-order valence-corrected chi connectivity index (χ2v) is 12.4. The van der Waals surface area contributed by atoms with Crippen LogP contribution in [-0.2, 0) is 0 Å². The molecule has 0 saturated heterocycles. The highest BCUT2D eigenvalue weighted by molar-refractivity contribution is 6.18. The summed E-state index contributed by atoms with van der Waals surface area (Å²) in [4.78, 5) is 15.2. The molecule has 0 radical (unpaired) electrons. The first-order valence-electron chi connectivity index (χ1n) is 16.4. The van der Waals surface area contributed by atoms with Crippen molar-refractivity contribution in [3.8, 4) is 45.3 Å². The van der Waals surface area contributed by atoms with Gasteiger partial charge in [-0.05, 0) is 67.7 Å². The molecule has 0 saturated carbocycles. The van der Waals surface area contributed by atoms with Gasteiger partial charge in [0.1, 0.15) is 11.2 Å². The van der Waals surface area contributed by atoms with Crippen molar-refractivity contribution in [3.05, 3.63) is 164 Å². The van der Waals surface area contributed by atoms with E-state index in [1.807, 2.05) is 60.7 Å². The Kier molecular flexibility index (Phi) is 6.15. The van der Waals surface area contributed by atoms with Gasteiger partial charge in [0.05, 0.1) is 0 Å². The second-order valence-electron chi connectivity index (χ2n) is 12.4. The monoisotopic (exact) mass is 625 g/mol. The normalized spacial score (nSPS) is 11.7. The number of furan rings is 1. The van der Waals surface area contributed by atoms with E-state index in [1.54, 1.807) is 0 Å². The van der Waals surface area contributed by atoms with Crippen molar-refractivity contribution in [2.45, 2.75) is 0 Å². The third kappa shape index (κ3) is 4.57. The van der Waals surface area contributed by atoms with Crippen LogP contribution in [0, 0.1) is 0 Å². The minimum absolute atomic E-state index is 0.607. The maximum atomic E-state index is 6.22. The van der Waals surface area contributed by atoms with Gasteiger partial charge in [-0.1, -0.05) is 140 Å². The van der Waals surface area contributed by atoms with E-state index in [-0.39, 0.29) is 0 Å². The molecule has 0 spiro atoms. The minimum atomic E-state index is 0.607. The first-order valence-corrected chi connectivity index (χ1v) is 16.4. The van der Waals surface area contributed by atoms with Crippen molar-refractivity contribution in [2.24, 2.45) is 0 Å². The summed E-state index contributed by atoms with van der Waals surface area (Å²) in [5, 5.41) is 9.54. The predicted molar refractivity (Wildman–Crippen MR) is 201 cm³/mol. The molecule has 4 heteroatoms. The molecule has 0 atom stereocenters. The van der Waals surface area contributed by atoms with Crippen LogP contribution in [0.1, 0.15) is 0 Å². The van der Waals surface area contributed by atoms with Crippen LogP contribution in [0.3, 0.4) is 0 Å². The fraction of sp³-hybridized carbons (Fsp3) is 0. The lowest BCUT2D eigenvalue weighted by molar-refractivity contribution is 0.669. The molecule has 8 aromatic carbocycles. The van der Waals surface area contributed by atoms with Crippen molar-refractivity contribution in [3.63, 3.8) is 0 Å². The van der Waals surface area contributed by atoms with Crippen LogP contribution in [0.15, 0.2) is 168 Å². The van der Waals surface area contributed by atoms with Crippen LogP contribution >= 0.6 is 0 Å². The van der Waals surface area contributed by atoms with Crippen LogP contribution in [0.5, 0.6) is 0 Å². The van der Waals surface area contributed by atoms with Crippen molar-refractivity contribution in [1.29, 1.82) is 0 Å². The van der Waals surface area contributed by atoms with E-state index in [9.17, 15) is 0 Å². The number of hydrogen-bond donors (Lipinski definition) is 0. The topological polar surface area (TPSA) is 51.8 Å². The van der Waals surface area contributed by atoms with Crippen molar-refractivity contribution in [1.82, 2.24) is 15.0 Å². The van der Waals surface area contributed by atoms with Gasteiger partial charge in [0.15, 0.2) is 17.5 Å². The molecule has 10 rings (SSSR count). The van der Waals surface area contributed by atoms with Crippen molar-refractivity contribution in [2.75, 3.05) is 0 Å². The van der Waals surface area contributed by atoms with Gasteiger partial charge in [-0.2, -0.15) is 0 Å². The average molecular weight is 626 g/mol. The average Bonchev–Trinajstić information content (AvgIpc) is 3.57. The summed E-state index contributed by atoms with van der Waals surface area (Å²) in [6, 6.07) is 57.0. The molecule has 0 amide bonds. The highest BCUT2D eigenvalue weighted by Gasteiger charge is 2.18. The summed E-state index contributed by atoms with van der Waals surface area (Å²) >= 11 is 0. The largest absolute Gasteiger partial charge is 0.456 e. The van der Waals surface area contributed by atoms with Crippen LogP contribution in [-0.4, -0.2) is 15.0 Å². The number of rotatable bonds is 4. The minimum Gasteiger partial charge on any atom is -0.456 e. The molecule has 0 unspecified atom stereocenters. The highest BCUT2D eigenvalue weighted by Crippen LogP contribution is 2.38. The van der Waals surface area contributed by atoms with Crippen LogP contribution in [0.25, 0.3) is 99.5 Å². The quantitative estimate of drug-likeness (QED) is 0.183. The summed E-state index contributed by atoms with van der Waals surface area (Å²) in [7, 11) is 0. The molecule has 10 aromatic rings. The summed E-state index contributed by atoms with van der Waals surface area (Å²) in [6.07, 6.45) is 0. The lowest BCUT2D eigenvalue weighted by Crippen LogP contribution is -2.00. The Hall–Kier alpha value is -6.65. The van der Waals surface area contributed by atoms with Gasteiger partial charge in [0, 0.05) is 27.5 Å². The van der Waals surface area contributed by atoms with Gasteiger partial charge in [0.2, 0.25) is 0 Å². The number of benzene rings is 8. The predicted octanol–water partition coefficient (Wildman–Crippen LogP) is 11.9. The smallest absolute Gasteiger partial charge is 0.164 e. The zero-order valence-electron chi connectivity index (χ0n) is 26.3. The van der Waals surface area contributed by atoms with Gasteiger partial charge in [-0.15, -0.1) is 0 Å². The Bertz CT molecular complexity index is 2890. The maximum absolute atomic E-state index is 6.22. The molecule has 2 aromatic heterocycles. The van der Waals surface area contributed by atoms with Crippen LogP contribution in [0.2, 0.25) is 0 Å². The van der Waals surface area contributed by atoms with E-state index in [2.05, 4.69) is 103 Å². The fourth-order valence-electron chi connectivity index (χ4n) is 7.14. The Balaban J connectivity index is 1.15. The van der Waals surface area contributed by atoms with Crippen molar-refractivity contribution < 1.29 is 4.42 Å². The molecule has 2 heterocycles. The van der Waals surface area contributed by atoms with E-state index in [0.717, 1.165) is 49.8 Å². The molecule has 4 nitrogen and oxygen atoms in total. The zero-order chi connectivity index (χ0) is 32.3. The van der Waals surface area contributed by atoms with Crippen LogP contribution < -0.4 is 0 Å². The SMILES string of the molecule is c1ccc(-c2nc(-c3cccc(-c4ccc5ccc6c7ccccc7ccc6c5c4)c3)nc(-c3cccc4oc5ccccc5c34)n2)cc1. The molecule has 0 fully saturated rings. The summed E-state index contributed by atoms with van der Waals surface area (Å²) in [5.74, 6) is 1.85. The molecular weight excluding hydrogens is 599 g/mol. The molecular formula is C45H27N3O. The molecule has 0 aliphatic rings. The Morgan fingerprint density at radius 3 is 1.80 bits per heavy atom. The molecule has 0 aliphatic heterocycles. The standard InChI is InChI=1S/C45H27N3O/c1-2-11-30(12-3-1)43-46-44(48-45(47-43)38-17-9-19-41-42(38)37-16-6-7-18-40(37)49-41)33-14-8-13-31(26-33)32-21-20-29-23-24-35-34-15-5-4-10-28(34)22-25-36(35)39(29)27-32/h1-27H. The number of nitrogens with zero attached hydrogens (tertiary/aromatic N) is 3. The molecule has 0 N–H and O–H groups in total. The Labute approximate surface area is 282 Å². The lowest BCUT2D eigenvalue weighted by Gasteiger charge is -2.11. The maximum Gasteiger partial charge on any atom is 0.164 e. The molecule has 0 bridgehead atoms. The lowest BCUT2D eigenvalue weighted by atomic mass is 9.94. The number of aromatic nitrogens is 3. The fourth-order valence-corrected chi connectivity index (χ4v) is 7.14. The van der Waals surface area contributed by atoms with E-state index < -0.39 is 0 Å². The second kappa shape index (κ2) is 11.0. The first kappa shape index (κ1) is 27.5. The molecule has 49 heavy (non-hydrogen) atoms. The number of para-hydroxylation sites is 1. The summed E-state index contributed by atoms with van der Waals surface area (Å²) in [6.45, 7) is 0. The van der Waals surface area contributed by atoms with E-state index in [1.165, 1.54) is 32.3 Å². The number of hydrogen-bond acceptors (Lipinski definition) is 4. The zero-order valence-corrected chi connectivity index (χ0v) is 26.3. The molecule has 0 aliphatic carbocycles. The van der Waals surface area contributed by atoms with E-state index in [4.69, 9.17) is 19.4 Å². The highest BCUT2D eigenvalue weighted by atomic mass is 16.3. The Morgan fingerprint density at radius 2 is 0.918 bits per heavy atom. The third-order valence-corrected chi connectivity index (χ3v) is 9.51. The van der Waals surface area contributed by atoms with Gasteiger partial charge < -0.3 is 4.42 Å². The van der Waals surface area contributed by atoms with Gasteiger partial charge in [-0.3, -0.25) is 0 Å². The summed E-state index contributed by atoms with van der Waals surface area (Å²) in [5.41, 5.74) is 6.65. The molecule has 228 valence electrons. The van der Waals surface area contributed by atoms with E-state index >= 15 is 0 Å². The number of fused-ring (bicyclic) bond motifs is 8. The van der Waals surface area contributed by atoms with Crippen molar-refractivity contribution >= 4 is 54.3 Å².